The molecule has 0 aromatic heterocycles. The van der Waals surface area contributed by atoms with E-state index in [2.05, 4.69) is 43.4 Å². The van der Waals surface area contributed by atoms with Gasteiger partial charge in [0.2, 0.25) is 0 Å². The molecule has 94 valence electrons. The quantitative estimate of drug-likeness (QED) is 0.870. The molecule has 0 radical (unpaired) electrons. The lowest BCUT2D eigenvalue weighted by Gasteiger charge is -2.24. The molecule has 1 fully saturated rings. The van der Waals surface area contributed by atoms with Crippen LogP contribution in [0.25, 0.3) is 0 Å². The van der Waals surface area contributed by atoms with Crippen molar-refractivity contribution in [1.29, 1.82) is 0 Å². The van der Waals surface area contributed by atoms with Gasteiger partial charge in [-0.3, -0.25) is 0 Å². The Bertz CT molecular complexity index is 346. The summed E-state index contributed by atoms with van der Waals surface area (Å²) in [7, 11) is 0. The number of hydrogen-bond acceptors (Lipinski definition) is 3. The number of nitrogens with one attached hydrogen (secondary N) is 1. The zero-order chi connectivity index (χ0) is 12.1. The lowest BCUT2D eigenvalue weighted by Crippen LogP contribution is -2.30. The molecule has 1 N–H and O–H groups in total. The molecular formula is C14H21NO2. The monoisotopic (exact) mass is 235 g/mol. The largest absolute Gasteiger partial charge is 0.382 e. The van der Waals surface area contributed by atoms with Gasteiger partial charge in [0.15, 0.2) is 0 Å². The summed E-state index contributed by atoms with van der Waals surface area (Å²) in [5.41, 5.74) is 2.58. The Morgan fingerprint density at radius 2 is 2.18 bits per heavy atom. The maximum atomic E-state index is 5.52. The van der Waals surface area contributed by atoms with Crippen LogP contribution in [0.1, 0.15) is 31.7 Å². The van der Waals surface area contributed by atoms with Gasteiger partial charge in [0.1, 0.15) is 6.79 Å². The molecule has 1 unspecified atom stereocenters. The van der Waals surface area contributed by atoms with Crippen LogP contribution in [0.3, 0.4) is 0 Å². The van der Waals surface area contributed by atoms with Gasteiger partial charge in [-0.15, -0.1) is 0 Å². The molecular weight excluding hydrogens is 214 g/mol. The van der Waals surface area contributed by atoms with Crippen LogP contribution in [0.5, 0.6) is 0 Å². The van der Waals surface area contributed by atoms with Gasteiger partial charge in [-0.25, -0.2) is 0 Å². The predicted molar refractivity (Wildman–Crippen MR) is 69.3 cm³/mol. The lowest BCUT2D eigenvalue weighted by molar-refractivity contribution is -0.133. The lowest BCUT2D eigenvalue weighted by atomic mass is 10.0. The Morgan fingerprint density at radius 1 is 1.35 bits per heavy atom. The molecule has 1 aliphatic heterocycles. The molecule has 3 heteroatoms. The summed E-state index contributed by atoms with van der Waals surface area (Å²) >= 11 is 0. The van der Waals surface area contributed by atoms with Crippen molar-refractivity contribution in [2.45, 2.75) is 32.3 Å². The Labute approximate surface area is 103 Å². The Morgan fingerprint density at radius 3 is 2.88 bits per heavy atom. The smallest absolute Gasteiger partial charge is 0.147 e. The molecule has 1 atom stereocenters. The zero-order valence-corrected chi connectivity index (χ0v) is 10.6. The van der Waals surface area contributed by atoms with E-state index in [-0.39, 0.29) is 6.10 Å². The molecule has 0 aliphatic carbocycles. The molecule has 17 heavy (non-hydrogen) atoms. The van der Waals surface area contributed by atoms with Crippen LogP contribution in [0.4, 0.5) is 5.69 Å². The minimum absolute atomic E-state index is 0.268. The number of rotatable bonds is 4. The van der Waals surface area contributed by atoms with E-state index in [0.29, 0.717) is 12.7 Å². The second kappa shape index (κ2) is 6.03. The van der Waals surface area contributed by atoms with Crippen molar-refractivity contribution >= 4 is 5.69 Å². The standard InChI is InChI=1S/C14H21NO2/c1-11(2)13-5-3-4-6-14(13)15-9-12-7-8-16-10-17-12/h3-6,11-12,15H,7-10H2,1-2H3. The van der Waals surface area contributed by atoms with Crippen molar-refractivity contribution < 1.29 is 9.47 Å². The van der Waals surface area contributed by atoms with E-state index in [9.17, 15) is 0 Å². The SMILES string of the molecule is CC(C)c1ccccc1NCC1CCOCO1. The van der Waals surface area contributed by atoms with Gasteiger partial charge in [0, 0.05) is 12.2 Å². The first kappa shape index (κ1) is 12.4. The average molecular weight is 235 g/mol. The van der Waals surface area contributed by atoms with Crippen LogP contribution in [0.2, 0.25) is 0 Å². The van der Waals surface area contributed by atoms with E-state index in [0.717, 1.165) is 19.6 Å². The van der Waals surface area contributed by atoms with E-state index in [4.69, 9.17) is 9.47 Å². The Hall–Kier alpha value is -1.06. The summed E-state index contributed by atoms with van der Waals surface area (Å²) in [6.07, 6.45) is 1.24. The third-order valence-electron chi connectivity index (χ3n) is 3.07. The van der Waals surface area contributed by atoms with Crippen LogP contribution in [-0.2, 0) is 9.47 Å². The summed E-state index contributed by atoms with van der Waals surface area (Å²) in [5.74, 6) is 0.536. The second-order valence-corrected chi connectivity index (χ2v) is 4.73. The molecule has 1 aliphatic rings. The molecule has 1 heterocycles. The third kappa shape index (κ3) is 3.45. The predicted octanol–water partition coefficient (Wildman–Crippen LogP) is 2.98. The Balaban J connectivity index is 1.93. The molecule has 0 amide bonds. The van der Waals surface area contributed by atoms with Crippen molar-refractivity contribution in [1.82, 2.24) is 0 Å². The van der Waals surface area contributed by atoms with E-state index < -0.39 is 0 Å². The van der Waals surface area contributed by atoms with Gasteiger partial charge >= 0.3 is 0 Å². The second-order valence-electron chi connectivity index (χ2n) is 4.73. The number of anilines is 1. The van der Waals surface area contributed by atoms with Gasteiger partial charge in [0.25, 0.3) is 0 Å². The number of ether oxygens (including phenoxy) is 2. The molecule has 0 spiro atoms. The van der Waals surface area contributed by atoms with Crippen molar-refractivity contribution in [3.05, 3.63) is 29.8 Å². The summed E-state index contributed by atoms with van der Waals surface area (Å²) in [6, 6.07) is 8.47. The highest BCUT2D eigenvalue weighted by Gasteiger charge is 2.14. The van der Waals surface area contributed by atoms with Crippen LogP contribution in [0, 0.1) is 0 Å². The molecule has 1 aromatic rings. The van der Waals surface area contributed by atoms with Crippen molar-refractivity contribution in [3.8, 4) is 0 Å². The number of para-hydroxylation sites is 1. The number of hydrogen-bond donors (Lipinski definition) is 1. The maximum Gasteiger partial charge on any atom is 0.147 e. The van der Waals surface area contributed by atoms with Gasteiger partial charge in [0.05, 0.1) is 12.7 Å². The molecule has 3 nitrogen and oxygen atoms in total. The van der Waals surface area contributed by atoms with Crippen LogP contribution in [0.15, 0.2) is 24.3 Å². The summed E-state index contributed by atoms with van der Waals surface area (Å²) < 4.78 is 10.7. The summed E-state index contributed by atoms with van der Waals surface area (Å²) in [4.78, 5) is 0. The maximum absolute atomic E-state index is 5.52. The zero-order valence-electron chi connectivity index (χ0n) is 10.6. The first-order chi connectivity index (χ1) is 8.27. The van der Waals surface area contributed by atoms with E-state index in [1.54, 1.807) is 0 Å². The average Bonchev–Trinajstić information content (AvgIpc) is 2.38. The fraction of sp³-hybridized carbons (Fsp3) is 0.571. The normalized spacial score (nSPS) is 20.5. The molecule has 0 bridgehead atoms. The fourth-order valence-electron chi connectivity index (χ4n) is 2.05. The highest BCUT2D eigenvalue weighted by molar-refractivity contribution is 5.52. The third-order valence-corrected chi connectivity index (χ3v) is 3.07. The van der Waals surface area contributed by atoms with Gasteiger partial charge in [-0.2, -0.15) is 0 Å². The van der Waals surface area contributed by atoms with Crippen molar-refractivity contribution in [2.24, 2.45) is 0 Å². The minimum Gasteiger partial charge on any atom is -0.382 e. The van der Waals surface area contributed by atoms with Gasteiger partial charge in [-0.05, 0) is 24.0 Å². The first-order valence-corrected chi connectivity index (χ1v) is 6.29. The first-order valence-electron chi connectivity index (χ1n) is 6.29. The highest BCUT2D eigenvalue weighted by Crippen LogP contribution is 2.23. The van der Waals surface area contributed by atoms with Crippen molar-refractivity contribution in [3.63, 3.8) is 0 Å². The molecule has 1 aromatic carbocycles. The van der Waals surface area contributed by atoms with Crippen LogP contribution in [-0.4, -0.2) is 26.0 Å². The van der Waals surface area contributed by atoms with E-state index in [1.807, 2.05) is 0 Å². The van der Waals surface area contributed by atoms with Crippen LogP contribution < -0.4 is 5.32 Å². The molecule has 2 rings (SSSR count). The Kier molecular flexibility index (Phi) is 4.40. The topological polar surface area (TPSA) is 30.5 Å². The summed E-state index contributed by atoms with van der Waals surface area (Å²) in [5, 5.41) is 3.48. The summed E-state index contributed by atoms with van der Waals surface area (Å²) in [6.45, 7) is 6.51. The van der Waals surface area contributed by atoms with Gasteiger partial charge in [-0.1, -0.05) is 32.0 Å². The highest BCUT2D eigenvalue weighted by atomic mass is 16.7. The molecule has 1 saturated heterocycles. The minimum atomic E-state index is 0.268. The molecule has 0 saturated carbocycles. The van der Waals surface area contributed by atoms with Crippen molar-refractivity contribution in [2.75, 3.05) is 25.3 Å². The fourth-order valence-corrected chi connectivity index (χ4v) is 2.05. The van der Waals surface area contributed by atoms with Crippen LogP contribution >= 0.6 is 0 Å². The van der Waals surface area contributed by atoms with E-state index in [1.165, 1.54) is 11.3 Å². The van der Waals surface area contributed by atoms with Gasteiger partial charge < -0.3 is 14.8 Å². The van der Waals surface area contributed by atoms with E-state index >= 15 is 0 Å². The number of benzene rings is 1.